The van der Waals surface area contributed by atoms with Gasteiger partial charge in [0.1, 0.15) is 0 Å². The zero-order valence-electron chi connectivity index (χ0n) is 7.82. The molecule has 1 rings (SSSR count). The van der Waals surface area contributed by atoms with Gasteiger partial charge in [0, 0.05) is 25.0 Å². The van der Waals surface area contributed by atoms with E-state index in [1.54, 1.807) is 0 Å². The summed E-state index contributed by atoms with van der Waals surface area (Å²) in [6.45, 7) is 0. The summed E-state index contributed by atoms with van der Waals surface area (Å²) in [5.41, 5.74) is 0.880. The molecule has 0 aromatic carbocycles. The largest absolute Gasteiger partial charge is 0.481 e. The zero-order valence-corrected chi connectivity index (χ0v) is 7.82. The lowest BCUT2D eigenvalue weighted by Gasteiger charge is -2.04. The Hall–Kier alpha value is -1.58. The van der Waals surface area contributed by atoms with Gasteiger partial charge in [0.05, 0.1) is 0 Å². The molecule has 0 atom stereocenters. The fourth-order valence-electron chi connectivity index (χ4n) is 1.18. The molecule has 76 valence electrons. The number of carboxylic acids is 1. The minimum absolute atomic E-state index is 0.0463. The number of hydrogen-bond donors (Lipinski definition) is 2. The summed E-state index contributed by atoms with van der Waals surface area (Å²) in [5, 5.41) is 11.1. The third-order valence-electron chi connectivity index (χ3n) is 1.87. The number of allylic oxidation sites excluding steroid dienone is 3. The normalized spacial score (nSPS) is 13.9. The van der Waals surface area contributed by atoms with Crippen molar-refractivity contribution in [3.05, 3.63) is 23.9 Å². The molecule has 0 spiro atoms. The third-order valence-corrected chi connectivity index (χ3v) is 1.87. The predicted octanol–water partition coefficient (Wildman–Crippen LogP) is 1.20. The molecule has 1 aliphatic carbocycles. The van der Waals surface area contributed by atoms with Crippen molar-refractivity contribution in [3.63, 3.8) is 0 Å². The molecule has 4 heteroatoms. The first-order valence-electron chi connectivity index (χ1n) is 4.56. The number of rotatable bonds is 5. The third kappa shape index (κ3) is 3.89. The van der Waals surface area contributed by atoms with E-state index >= 15 is 0 Å². The van der Waals surface area contributed by atoms with Crippen molar-refractivity contribution < 1.29 is 14.7 Å². The van der Waals surface area contributed by atoms with E-state index < -0.39 is 5.97 Å². The summed E-state index contributed by atoms with van der Waals surface area (Å²) >= 11 is 0. The van der Waals surface area contributed by atoms with Crippen LogP contribution in [0.4, 0.5) is 0 Å². The van der Waals surface area contributed by atoms with Gasteiger partial charge in [-0.1, -0.05) is 12.2 Å². The van der Waals surface area contributed by atoms with E-state index in [0.717, 1.165) is 12.1 Å². The lowest BCUT2D eigenvalue weighted by molar-refractivity contribution is -0.137. The van der Waals surface area contributed by atoms with E-state index in [2.05, 4.69) is 5.32 Å². The first-order chi connectivity index (χ1) is 6.68. The Bertz CT molecular complexity index is 292. The molecule has 1 amide bonds. The summed E-state index contributed by atoms with van der Waals surface area (Å²) in [7, 11) is 0. The molecule has 0 unspecified atom stereocenters. The van der Waals surface area contributed by atoms with Crippen LogP contribution in [0.15, 0.2) is 23.9 Å². The summed E-state index contributed by atoms with van der Waals surface area (Å²) in [6, 6.07) is 0. The molecule has 4 nitrogen and oxygen atoms in total. The fourth-order valence-corrected chi connectivity index (χ4v) is 1.18. The average Bonchev–Trinajstić information content (AvgIpc) is 2.56. The van der Waals surface area contributed by atoms with Crippen LogP contribution >= 0.6 is 0 Å². The molecule has 14 heavy (non-hydrogen) atoms. The van der Waals surface area contributed by atoms with Gasteiger partial charge < -0.3 is 10.4 Å². The first-order valence-corrected chi connectivity index (χ1v) is 4.56. The Morgan fingerprint density at radius 2 is 2.21 bits per heavy atom. The predicted molar refractivity (Wildman–Crippen MR) is 51.5 cm³/mol. The van der Waals surface area contributed by atoms with Gasteiger partial charge in [-0.25, -0.2) is 0 Å². The van der Waals surface area contributed by atoms with E-state index in [-0.39, 0.29) is 18.7 Å². The van der Waals surface area contributed by atoms with Gasteiger partial charge in [-0.2, -0.15) is 0 Å². The lowest BCUT2D eigenvalue weighted by Crippen LogP contribution is -2.21. The molecular formula is C10H13NO3. The average molecular weight is 195 g/mol. The highest BCUT2D eigenvalue weighted by molar-refractivity contribution is 5.78. The molecule has 0 saturated carbocycles. The fraction of sp³-hybridized carbons (Fsp3) is 0.400. The number of carbonyl (C=O) groups is 2. The van der Waals surface area contributed by atoms with Crippen LogP contribution in [-0.4, -0.2) is 17.0 Å². The SMILES string of the molecule is O=C(O)CCCC(=O)NC1=CC=CC1. The highest BCUT2D eigenvalue weighted by Crippen LogP contribution is 2.07. The highest BCUT2D eigenvalue weighted by Gasteiger charge is 2.06. The minimum Gasteiger partial charge on any atom is -0.481 e. The maximum atomic E-state index is 11.2. The van der Waals surface area contributed by atoms with Gasteiger partial charge in [0.2, 0.25) is 5.91 Å². The van der Waals surface area contributed by atoms with Crippen LogP contribution in [0.2, 0.25) is 0 Å². The number of amides is 1. The van der Waals surface area contributed by atoms with Crippen molar-refractivity contribution in [2.45, 2.75) is 25.7 Å². The van der Waals surface area contributed by atoms with E-state index in [0.29, 0.717) is 6.42 Å². The topological polar surface area (TPSA) is 66.4 Å². The van der Waals surface area contributed by atoms with E-state index in [1.807, 2.05) is 18.2 Å². The molecule has 0 saturated heterocycles. The Morgan fingerprint density at radius 3 is 2.79 bits per heavy atom. The Labute approximate surface area is 82.3 Å². The molecule has 0 fully saturated rings. The van der Waals surface area contributed by atoms with Crippen LogP contribution in [0, 0.1) is 0 Å². The van der Waals surface area contributed by atoms with Crippen molar-refractivity contribution in [1.29, 1.82) is 0 Å². The molecule has 0 heterocycles. The van der Waals surface area contributed by atoms with Gasteiger partial charge >= 0.3 is 5.97 Å². The molecule has 2 N–H and O–H groups in total. The number of carboxylic acid groups (broad SMARTS) is 1. The Kier molecular flexibility index (Phi) is 3.91. The van der Waals surface area contributed by atoms with Crippen LogP contribution in [0.3, 0.4) is 0 Å². The van der Waals surface area contributed by atoms with Crippen molar-refractivity contribution in [3.8, 4) is 0 Å². The smallest absolute Gasteiger partial charge is 0.303 e. The number of hydrogen-bond acceptors (Lipinski definition) is 2. The summed E-state index contributed by atoms with van der Waals surface area (Å²) in [4.78, 5) is 21.4. The summed E-state index contributed by atoms with van der Waals surface area (Å²) in [5.74, 6) is -0.972. The second kappa shape index (κ2) is 5.21. The van der Waals surface area contributed by atoms with Crippen LogP contribution in [0.25, 0.3) is 0 Å². The van der Waals surface area contributed by atoms with E-state index in [9.17, 15) is 9.59 Å². The van der Waals surface area contributed by atoms with Gasteiger partial charge in [-0.05, 0) is 12.5 Å². The van der Waals surface area contributed by atoms with Crippen molar-refractivity contribution >= 4 is 11.9 Å². The molecule has 0 aromatic heterocycles. The van der Waals surface area contributed by atoms with Gasteiger partial charge in [-0.3, -0.25) is 9.59 Å². The molecule has 0 bridgehead atoms. The number of aliphatic carboxylic acids is 1. The molecular weight excluding hydrogens is 182 g/mol. The van der Waals surface area contributed by atoms with Gasteiger partial charge in [0.15, 0.2) is 0 Å². The van der Waals surface area contributed by atoms with Crippen molar-refractivity contribution in [2.24, 2.45) is 0 Å². The Balaban J connectivity index is 2.13. The standard InChI is InChI=1S/C10H13NO3/c12-9(6-3-7-10(13)14)11-8-4-1-2-5-8/h1-2,4H,3,5-7H2,(H,11,12)(H,13,14). The van der Waals surface area contributed by atoms with Crippen molar-refractivity contribution in [1.82, 2.24) is 5.32 Å². The summed E-state index contributed by atoms with van der Waals surface area (Å²) < 4.78 is 0. The van der Waals surface area contributed by atoms with E-state index in [1.165, 1.54) is 0 Å². The monoisotopic (exact) mass is 195 g/mol. The minimum atomic E-state index is -0.862. The molecule has 0 aromatic rings. The van der Waals surface area contributed by atoms with Crippen LogP contribution in [0.1, 0.15) is 25.7 Å². The van der Waals surface area contributed by atoms with Crippen molar-refractivity contribution in [2.75, 3.05) is 0 Å². The van der Waals surface area contributed by atoms with E-state index in [4.69, 9.17) is 5.11 Å². The maximum Gasteiger partial charge on any atom is 0.303 e. The number of carbonyl (C=O) groups excluding carboxylic acids is 1. The van der Waals surface area contributed by atoms with Crippen LogP contribution < -0.4 is 5.32 Å². The molecule has 0 aliphatic heterocycles. The van der Waals surface area contributed by atoms with Crippen LogP contribution in [0.5, 0.6) is 0 Å². The van der Waals surface area contributed by atoms with Gasteiger partial charge in [-0.15, -0.1) is 0 Å². The second-order valence-corrected chi connectivity index (χ2v) is 3.12. The highest BCUT2D eigenvalue weighted by atomic mass is 16.4. The zero-order chi connectivity index (χ0) is 10.4. The Morgan fingerprint density at radius 1 is 1.43 bits per heavy atom. The van der Waals surface area contributed by atoms with Crippen LogP contribution in [-0.2, 0) is 9.59 Å². The molecule has 0 radical (unpaired) electrons. The summed E-state index contributed by atoms with van der Waals surface area (Å²) in [6.07, 6.45) is 7.13. The van der Waals surface area contributed by atoms with Gasteiger partial charge in [0.25, 0.3) is 0 Å². The quantitative estimate of drug-likeness (QED) is 0.692. The lowest BCUT2D eigenvalue weighted by atomic mass is 10.2. The number of nitrogens with one attached hydrogen (secondary N) is 1. The first kappa shape index (κ1) is 10.5. The second-order valence-electron chi connectivity index (χ2n) is 3.12. The maximum absolute atomic E-state index is 11.2. The molecule has 1 aliphatic rings.